The number of rotatable bonds is 0. The van der Waals surface area contributed by atoms with Gasteiger partial charge < -0.3 is 20.5 Å². The summed E-state index contributed by atoms with van der Waals surface area (Å²) in [6.07, 6.45) is 3.39. The van der Waals surface area contributed by atoms with Gasteiger partial charge in [0.25, 0.3) is 0 Å². The average molecular weight is 385 g/mol. The molecule has 0 amide bonds. The van der Waals surface area contributed by atoms with E-state index in [1.807, 2.05) is 12.3 Å². The van der Waals surface area contributed by atoms with Crippen LogP contribution in [0, 0.1) is 5.82 Å². The highest BCUT2D eigenvalue weighted by atomic mass is 19.1. The Hall–Kier alpha value is -3.13. The van der Waals surface area contributed by atoms with Crippen LogP contribution in [0.4, 0.5) is 10.2 Å². The van der Waals surface area contributed by atoms with Gasteiger partial charge in [-0.1, -0.05) is 6.58 Å². The molecule has 0 saturated carbocycles. The molecule has 148 valence electrons. The van der Waals surface area contributed by atoms with E-state index in [9.17, 15) is 4.39 Å². The van der Waals surface area contributed by atoms with E-state index in [2.05, 4.69) is 27.3 Å². The van der Waals surface area contributed by atoms with E-state index < -0.39 is 0 Å². The molecule has 0 unspecified atom stereocenters. The normalized spacial score (nSPS) is 13.8. The van der Waals surface area contributed by atoms with Crippen molar-refractivity contribution >= 4 is 17.2 Å². The molecule has 2 bridgehead atoms. The minimum Gasteiger partial charge on any atom is -0.491 e. The zero-order valence-corrected chi connectivity index (χ0v) is 15.9. The molecule has 0 spiro atoms. The van der Waals surface area contributed by atoms with Crippen LogP contribution in [0.1, 0.15) is 25.0 Å². The van der Waals surface area contributed by atoms with Gasteiger partial charge in [0, 0.05) is 36.7 Å². The van der Waals surface area contributed by atoms with E-state index >= 15 is 0 Å². The Bertz CT molecular complexity index is 968. The maximum Gasteiger partial charge on any atom is 0.166 e. The first-order valence-corrected chi connectivity index (χ1v) is 9.04. The molecule has 1 aromatic carbocycles. The van der Waals surface area contributed by atoms with E-state index in [4.69, 9.17) is 9.84 Å². The predicted octanol–water partition coefficient (Wildman–Crippen LogP) is 2.82. The van der Waals surface area contributed by atoms with Crippen LogP contribution in [0.5, 0.6) is 5.75 Å². The van der Waals surface area contributed by atoms with E-state index in [0.717, 1.165) is 16.8 Å². The number of benzene rings is 1. The van der Waals surface area contributed by atoms with Crippen LogP contribution in [0.2, 0.25) is 0 Å². The van der Waals surface area contributed by atoms with Gasteiger partial charge in [-0.15, -0.1) is 0 Å². The summed E-state index contributed by atoms with van der Waals surface area (Å²) in [5.74, 6) is 1.03. The standard InChI is InChI=1S/C17H16FN5O.C3H8O/c1-11-14-10-21-23-6-4-16(22-17(14)23)20-9-12-8-13(18)2-3-15(12)24-7-5-19-11;1-3(2)4/h2-4,6,8,10,19H,1,5,7,9H2,(H,20,22);3-4H,1-2H3. The van der Waals surface area contributed by atoms with Crippen molar-refractivity contribution in [3.8, 4) is 5.75 Å². The van der Waals surface area contributed by atoms with E-state index in [1.54, 1.807) is 30.6 Å². The number of halogens is 1. The highest BCUT2D eigenvalue weighted by Crippen LogP contribution is 2.22. The second-order valence-corrected chi connectivity index (χ2v) is 6.59. The summed E-state index contributed by atoms with van der Waals surface area (Å²) in [5, 5.41) is 18.7. The molecule has 3 N–H and O–H groups in total. The average Bonchev–Trinajstić information content (AvgIpc) is 3.07. The lowest BCUT2D eigenvalue weighted by molar-refractivity contribution is 0.216. The van der Waals surface area contributed by atoms with Crippen LogP contribution < -0.4 is 15.4 Å². The number of aliphatic hydroxyl groups excluding tert-OH is 1. The summed E-state index contributed by atoms with van der Waals surface area (Å²) in [6.45, 7) is 8.90. The lowest BCUT2D eigenvalue weighted by atomic mass is 10.2. The maximum atomic E-state index is 13.6. The molecule has 28 heavy (non-hydrogen) atoms. The summed E-state index contributed by atoms with van der Waals surface area (Å²) in [6, 6.07) is 6.33. The van der Waals surface area contributed by atoms with Crippen molar-refractivity contribution in [2.24, 2.45) is 0 Å². The van der Waals surface area contributed by atoms with Gasteiger partial charge in [-0.05, 0) is 38.1 Å². The van der Waals surface area contributed by atoms with Gasteiger partial charge in [-0.3, -0.25) is 0 Å². The van der Waals surface area contributed by atoms with Crippen LogP contribution in [0.3, 0.4) is 0 Å². The third-order valence-corrected chi connectivity index (χ3v) is 3.87. The van der Waals surface area contributed by atoms with Crippen molar-refractivity contribution in [2.45, 2.75) is 26.5 Å². The topological polar surface area (TPSA) is 83.7 Å². The first-order chi connectivity index (χ1) is 13.4. The SMILES string of the molecule is C=C1NCCOc2ccc(F)cc2CNc2ccn3ncc1c3n2.CC(C)O. The van der Waals surface area contributed by atoms with Crippen LogP contribution in [-0.4, -0.2) is 39.0 Å². The van der Waals surface area contributed by atoms with Gasteiger partial charge in [0.15, 0.2) is 5.65 Å². The molecule has 0 atom stereocenters. The molecular formula is C20H24FN5O2. The van der Waals surface area contributed by atoms with E-state index in [-0.39, 0.29) is 11.9 Å². The molecule has 7 nitrogen and oxygen atoms in total. The van der Waals surface area contributed by atoms with Gasteiger partial charge >= 0.3 is 0 Å². The Kier molecular flexibility index (Phi) is 6.10. The molecule has 3 aromatic rings. The summed E-state index contributed by atoms with van der Waals surface area (Å²) in [7, 11) is 0. The summed E-state index contributed by atoms with van der Waals surface area (Å²) in [5.41, 5.74) is 3.01. The van der Waals surface area contributed by atoms with Crippen molar-refractivity contribution in [1.82, 2.24) is 19.9 Å². The smallest absolute Gasteiger partial charge is 0.166 e. The third-order valence-electron chi connectivity index (χ3n) is 3.87. The Labute approximate surface area is 162 Å². The molecule has 1 aliphatic rings. The predicted molar refractivity (Wildman–Crippen MR) is 107 cm³/mol. The number of aromatic nitrogens is 3. The maximum absolute atomic E-state index is 13.6. The lowest BCUT2D eigenvalue weighted by Crippen LogP contribution is -2.19. The van der Waals surface area contributed by atoms with Crippen molar-refractivity contribution in [3.63, 3.8) is 0 Å². The summed E-state index contributed by atoms with van der Waals surface area (Å²) in [4.78, 5) is 4.58. The van der Waals surface area contributed by atoms with Crippen LogP contribution >= 0.6 is 0 Å². The molecule has 8 heteroatoms. The fourth-order valence-electron chi connectivity index (χ4n) is 2.65. The molecular weight excluding hydrogens is 361 g/mol. The largest absolute Gasteiger partial charge is 0.491 e. The first kappa shape index (κ1) is 19.6. The number of nitrogens with zero attached hydrogens (tertiary/aromatic N) is 3. The summed E-state index contributed by atoms with van der Waals surface area (Å²) < 4.78 is 21.0. The molecule has 0 saturated heterocycles. The highest BCUT2D eigenvalue weighted by Gasteiger charge is 2.12. The second kappa shape index (κ2) is 8.71. The quantitative estimate of drug-likeness (QED) is 0.552. The van der Waals surface area contributed by atoms with Gasteiger partial charge in [-0.25, -0.2) is 13.9 Å². The second-order valence-electron chi connectivity index (χ2n) is 6.59. The van der Waals surface area contributed by atoms with Crippen molar-refractivity contribution in [2.75, 3.05) is 18.5 Å². The Morgan fingerprint density at radius 3 is 2.86 bits per heavy atom. The molecule has 1 aliphatic heterocycles. The van der Waals surface area contributed by atoms with Gasteiger partial charge in [0.1, 0.15) is 24.0 Å². The number of nitrogens with one attached hydrogen (secondary N) is 2. The molecule has 4 rings (SSSR count). The third kappa shape index (κ3) is 4.77. The fraction of sp³-hybridized carbons (Fsp3) is 0.300. The molecule has 0 radical (unpaired) electrons. The van der Waals surface area contributed by atoms with Crippen LogP contribution in [-0.2, 0) is 6.54 Å². The monoisotopic (exact) mass is 385 g/mol. The number of hydrogen-bond donors (Lipinski definition) is 3. The fourth-order valence-corrected chi connectivity index (χ4v) is 2.65. The highest BCUT2D eigenvalue weighted by molar-refractivity contribution is 5.73. The minimum atomic E-state index is -0.295. The van der Waals surface area contributed by atoms with Crippen LogP contribution in [0.25, 0.3) is 11.3 Å². The molecule has 0 fully saturated rings. The molecule has 0 aliphatic carbocycles. The van der Waals surface area contributed by atoms with Gasteiger partial charge in [0.05, 0.1) is 11.8 Å². The number of anilines is 1. The van der Waals surface area contributed by atoms with Crippen molar-refractivity contribution in [1.29, 1.82) is 0 Å². The molecule has 2 aromatic heterocycles. The zero-order valence-electron chi connectivity index (χ0n) is 15.9. The van der Waals surface area contributed by atoms with E-state index in [0.29, 0.717) is 36.9 Å². The van der Waals surface area contributed by atoms with Crippen molar-refractivity contribution < 1.29 is 14.2 Å². The van der Waals surface area contributed by atoms with Crippen molar-refractivity contribution in [3.05, 3.63) is 60.2 Å². The van der Waals surface area contributed by atoms with Crippen LogP contribution in [0.15, 0.2) is 43.2 Å². The summed E-state index contributed by atoms with van der Waals surface area (Å²) >= 11 is 0. The molecule has 3 heterocycles. The number of ether oxygens (including phenoxy) is 1. The first-order valence-electron chi connectivity index (χ1n) is 9.04. The van der Waals surface area contributed by atoms with Gasteiger partial charge in [0.2, 0.25) is 0 Å². The van der Waals surface area contributed by atoms with Gasteiger partial charge in [-0.2, -0.15) is 5.10 Å². The van der Waals surface area contributed by atoms with E-state index in [1.165, 1.54) is 12.1 Å². The number of hydrogen-bond acceptors (Lipinski definition) is 6. The number of fused-ring (bicyclic) bond motifs is 2. The lowest BCUT2D eigenvalue weighted by Gasteiger charge is -2.13. The Morgan fingerprint density at radius 1 is 1.29 bits per heavy atom. The Balaban J connectivity index is 0.000000516. The minimum absolute atomic E-state index is 0.167. The Morgan fingerprint density at radius 2 is 2.07 bits per heavy atom. The zero-order chi connectivity index (χ0) is 20.1. The number of aliphatic hydroxyl groups is 1.